The maximum absolute atomic E-state index is 5.61. The van der Waals surface area contributed by atoms with Gasteiger partial charge in [0.15, 0.2) is 0 Å². The molecule has 25 heavy (non-hydrogen) atoms. The first kappa shape index (κ1) is 15.7. The summed E-state index contributed by atoms with van der Waals surface area (Å²) in [6.45, 7) is 2.41. The zero-order valence-corrected chi connectivity index (χ0v) is 14.0. The summed E-state index contributed by atoms with van der Waals surface area (Å²) in [4.78, 5) is 8.77. The molecule has 1 aromatic heterocycles. The highest BCUT2D eigenvalue weighted by molar-refractivity contribution is 5.63. The summed E-state index contributed by atoms with van der Waals surface area (Å²) in [5.74, 6) is 8.96. The number of ether oxygens (including phenoxy) is 1. The van der Waals surface area contributed by atoms with Gasteiger partial charge >= 0.3 is 0 Å². The molecule has 1 fully saturated rings. The van der Waals surface area contributed by atoms with E-state index in [2.05, 4.69) is 37.8 Å². The number of benzene rings is 1. The Morgan fingerprint density at radius 1 is 1.24 bits per heavy atom. The lowest BCUT2D eigenvalue weighted by Crippen LogP contribution is -2.23. The summed E-state index contributed by atoms with van der Waals surface area (Å²) in [6, 6.07) is 10.2. The van der Waals surface area contributed by atoms with Gasteiger partial charge in [-0.2, -0.15) is 0 Å². The maximum atomic E-state index is 5.61. The molecular weight excluding hydrogens is 314 g/mol. The molecule has 1 aromatic carbocycles. The van der Waals surface area contributed by atoms with E-state index in [-0.39, 0.29) is 6.04 Å². The van der Waals surface area contributed by atoms with Gasteiger partial charge in [-0.05, 0) is 25.1 Å². The number of nitrogens with one attached hydrogen (secondary N) is 3. The molecule has 1 saturated heterocycles. The number of aromatic nitrogens is 2. The van der Waals surface area contributed by atoms with Crippen molar-refractivity contribution < 1.29 is 4.74 Å². The Labute approximate surface area is 147 Å². The fourth-order valence-electron chi connectivity index (χ4n) is 3.13. The largest absolute Gasteiger partial charge is 0.481 e. The lowest BCUT2D eigenvalue weighted by molar-refractivity contribution is 0.370. The van der Waals surface area contributed by atoms with Gasteiger partial charge in [-0.1, -0.05) is 30.0 Å². The van der Waals surface area contributed by atoms with Crippen molar-refractivity contribution >= 4 is 11.6 Å². The van der Waals surface area contributed by atoms with Gasteiger partial charge in [0.1, 0.15) is 30.3 Å². The quantitative estimate of drug-likeness (QED) is 0.739. The predicted octanol–water partition coefficient (Wildman–Crippen LogP) is 1.67. The van der Waals surface area contributed by atoms with Gasteiger partial charge in [0, 0.05) is 24.6 Å². The van der Waals surface area contributed by atoms with Gasteiger partial charge in [0.2, 0.25) is 0 Å². The van der Waals surface area contributed by atoms with E-state index >= 15 is 0 Å². The highest BCUT2D eigenvalue weighted by atomic mass is 16.5. The van der Waals surface area contributed by atoms with Crippen molar-refractivity contribution in [3.05, 3.63) is 42.2 Å². The molecule has 2 atom stereocenters. The molecule has 0 saturated carbocycles. The van der Waals surface area contributed by atoms with E-state index in [0.29, 0.717) is 12.6 Å². The minimum absolute atomic E-state index is 0.0494. The minimum Gasteiger partial charge on any atom is -0.481 e. The Morgan fingerprint density at radius 3 is 3.00 bits per heavy atom. The number of para-hydroxylation sites is 1. The smallest absolute Gasteiger partial charge is 0.149 e. The fourth-order valence-corrected chi connectivity index (χ4v) is 3.13. The first-order chi connectivity index (χ1) is 12.4. The van der Waals surface area contributed by atoms with Gasteiger partial charge < -0.3 is 20.7 Å². The summed E-state index contributed by atoms with van der Waals surface area (Å²) in [7, 11) is 0. The highest BCUT2D eigenvalue weighted by Gasteiger charge is 2.25. The summed E-state index contributed by atoms with van der Waals surface area (Å²) < 4.78 is 5.61. The molecule has 0 amide bonds. The van der Waals surface area contributed by atoms with Crippen molar-refractivity contribution in [2.75, 3.05) is 30.3 Å². The van der Waals surface area contributed by atoms with Crippen LogP contribution in [0.4, 0.5) is 11.6 Å². The molecular formula is C19H21N5O. The lowest BCUT2D eigenvalue weighted by atomic mass is 10.1. The second kappa shape index (κ2) is 7.41. The van der Waals surface area contributed by atoms with Crippen LogP contribution in [0, 0.1) is 11.8 Å². The maximum Gasteiger partial charge on any atom is 0.149 e. The van der Waals surface area contributed by atoms with Crippen molar-refractivity contribution in [2.24, 2.45) is 0 Å². The van der Waals surface area contributed by atoms with Gasteiger partial charge in [-0.15, -0.1) is 0 Å². The molecule has 2 aromatic rings. The first-order valence-corrected chi connectivity index (χ1v) is 8.62. The van der Waals surface area contributed by atoms with Crippen LogP contribution in [0.2, 0.25) is 0 Å². The van der Waals surface area contributed by atoms with E-state index in [9.17, 15) is 0 Å². The van der Waals surface area contributed by atoms with Crippen molar-refractivity contribution in [1.29, 1.82) is 0 Å². The van der Waals surface area contributed by atoms with E-state index in [0.717, 1.165) is 48.9 Å². The van der Waals surface area contributed by atoms with E-state index < -0.39 is 0 Å². The van der Waals surface area contributed by atoms with Crippen LogP contribution in [0.15, 0.2) is 36.7 Å². The Hall–Kier alpha value is -2.78. The highest BCUT2D eigenvalue weighted by Crippen LogP contribution is 2.29. The Bertz CT molecular complexity index is 777. The van der Waals surface area contributed by atoms with Gasteiger partial charge in [-0.3, -0.25) is 0 Å². The van der Waals surface area contributed by atoms with E-state index in [1.54, 1.807) is 6.33 Å². The van der Waals surface area contributed by atoms with Gasteiger partial charge in [0.05, 0.1) is 6.04 Å². The van der Waals surface area contributed by atoms with Crippen LogP contribution in [0.1, 0.15) is 12.0 Å². The standard InChI is InChI=1S/C19H21N5O/c1-2-6-16(7-3-1)25-10-4-5-14-11-17-18(23-14)21-13-22-19(17)24-15-8-9-20-12-15/h1-3,6-7,13-15,20H,8-12H2,(H2,21,22,23,24). The number of hydrogen-bond donors (Lipinski definition) is 3. The van der Waals surface area contributed by atoms with Gasteiger partial charge in [0.25, 0.3) is 0 Å². The van der Waals surface area contributed by atoms with Crippen LogP contribution in [-0.2, 0) is 6.42 Å². The molecule has 2 unspecified atom stereocenters. The zero-order valence-electron chi connectivity index (χ0n) is 14.0. The van der Waals surface area contributed by atoms with Crippen molar-refractivity contribution in [2.45, 2.75) is 24.9 Å². The average molecular weight is 335 g/mol. The van der Waals surface area contributed by atoms with Crippen molar-refractivity contribution in [3.63, 3.8) is 0 Å². The number of hydrogen-bond acceptors (Lipinski definition) is 6. The molecule has 0 bridgehead atoms. The normalized spacial score (nSPS) is 21.0. The second-order valence-corrected chi connectivity index (χ2v) is 6.21. The molecule has 3 heterocycles. The number of fused-ring (bicyclic) bond motifs is 1. The predicted molar refractivity (Wildman–Crippen MR) is 97.8 cm³/mol. The summed E-state index contributed by atoms with van der Waals surface area (Å²) in [5, 5.41) is 10.2. The number of anilines is 2. The van der Waals surface area contributed by atoms with E-state index in [4.69, 9.17) is 4.74 Å². The zero-order chi connectivity index (χ0) is 16.9. The Morgan fingerprint density at radius 2 is 2.16 bits per heavy atom. The molecule has 2 aliphatic heterocycles. The monoisotopic (exact) mass is 335 g/mol. The number of nitrogens with zero attached hydrogens (tertiary/aromatic N) is 2. The third-order valence-electron chi connectivity index (χ3n) is 4.40. The molecule has 0 spiro atoms. The summed E-state index contributed by atoms with van der Waals surface area (Å²) in [5.41, 5.74) is 1.12. The third kappa shape index (κ3) is 3.83. The summed E-state index contributed by atoms with van der Waals surface area (Å²) in [6.07, 6.45) is 3.52. The number of rotatable bonds is 4. The Kier molecular flexibility index (Phi) is 4.66. The summed E-state index contributed by atoms with van der Waals surface area (Å²) >= 11 is 0. The second-order valence-electron chi connectivity index (χ2n) is 6.21. The van der Waals surface area contributed by atoms with E-state index in [1.165, 1.54) is 0 Å². The van der Waals surface area contributed by atoms with Gasteiger partial charge in [-0.25, -0.2) is 9.97 Å². The van der Waals surface area contributed by atoms with Crippen LogP contribution in [0.5, 0.6) is 5.75 Å². The molecule has 6 heteroatoms. The molecule has 0 aliphatic carbocycles. The molecule has 128 valence electrons. The third-order valence-corrected chi connectivity index (χ3v) is 4.40. The molecule has 0 radical (unpaired) electrons. The van der Waals surface area contributed by atoms with Crippen LogP contribution >= 0.6 is 0 Å². The topological polar surface area (TPSA) is 71.1 Å². The van der Waals surface area contributed by atoms with Crippen LogP contribution in [0.3, 0.4) is 0 Å². The van der Waals surface area contributed by atoms with Crippen LogP contribution < -0.4 is 20.7 Å². The van der Waals surface area contributed by atoms with Crippen molar-refractivity contribution in [3.8, 4) is 17.6 Å². The molecule has 3 N–H and O–H groups in total. The Balaban J connectivity index is 1.36. The first-order valence-electron chi connectivity index (χ1n) is 8.62. The lowest BCUT2D eigenvalue weighted by Gasteiger charge is -2.13. The molecule has 4 rings (SSSR count). The minimum atomic E-state index is 0.0494. The SMILES string of the molecule is C(#CC1Cc2c(ncnc2NC2CCNC2)N1)COc1ccccc1. The average Bonchev–Trinajstić information content (AvgIpc) is 3.29. The molecule has 6 nitrogen and oxygen atoms in total. The van der Waals surface area contributed by atoms with E-state index in [1.807, 2.05) is 30.3 Å². The van der Waals surface area contributed by atoms with Crippen molar-refractivity contribution in [1.82, 2.24) is 15.3 Å². The van der Waals surface area contributed by atoms with Crippen LogP contribution in [-0.4, -0.2) is 41.7 Å². The molecule has 2 aliphatic rings. The van der Waals surface area contributed by atoms with Crippen LogP contribution in [0.25, 0.3) is 0 Å². The fraction of sp³-hybridized carbons (Fsp3) is 0.368.